The summed E-state index contributed by atoms with van der Waals surface area (Å²) < 4.78 is 7.35. The molecule has 2 heterocycles. The van der Waals surface area contributed by atoms with Crippen molar-refractivity contribution in [3.8, 4) is 11.9 Å². The summed E-state index contributed by atoms with van der Waals surface area (Å²) in [5.74, 6) is 0.628. The Morgan fingerprint density at radius 2 is 2.33 bits per heavy atom. The van der Waals surface area contributed by atoms with E-state index in [4.69, 9.17) is 10.00 Å². The Labute approximate surface area is 126 Å². The van der Waals surface area contributed by atoms with E-state index in [2.05, 4.69) is 16.4 Å². The number of imidazole rings is 1. The van der Waals surface area contributed by atoms with Gasteiger partial charge in [-0.2, -0.15) is 10.2 Å². The van der Waals surface area contributed by atoms with Crippen LogP contribution in [0.1, 0.15) is 16.8 Å². The fraction of sp³-hybridized carbons (Fsp3) is 0.200. The first-order chi connectivity index (χ1) is 10.2. The number of rotatable bonds is 4. The number of hydrogen-bond donors (Lipinski definition) is 1. The summed E-state index contributed by atoms with van der Waals surface area (Å²) >= 11 is 1.57. The van der Waals surface area contributed by atoms with Crippen molar-refractivity contribution in [2.45, 2.75) is 13.5 Å². The maximum atomic E-state index is 8.99. The molecule has 0 spiro atoms. The molecule has 0 unspecified atom stereocenters. The largest absolute Gasteiger partial charge is 0.480 e. The zero-order valence-electron chi connectivity index (χ0n) is 11.8. The van der Waals surface area contributed by atoms with Gasteiger partial charge in [-0.3, -0.25) is 4.40 Å². The molecule has 6 heteroatoms. The number of anilines is 1. The topological polar surface area (TPSA) is 62.4 Å². The lowest BCUT2D eigenvalue weighted by atomic mass is 10.1. The fourth-order valence-corrected chi connectivity index (χ4v) is 2.92. The lowest BCUT2D eigenvalue weighted by Gasteiger charge is -2.10. The van der Waals surface area contributed by atoms with E-state index in [1.165, 1.54) is 0 Å². The van der Waals surface area contributed by atoms with Crippen molar-refractivity contribution in [1.29, 1.82) is 5.26 Å². The average molecular weight is 298 g/mol. The van der Waals surface area contributed by atoms with Crippen molar-refractivity contribution >= 4 is 22.0 Å². The molecule has 0 fully saturated rings. The molecule has 3 aromatic rings. The van der Waals surface area contributed by atoms with Gasteiger partial charge < -0.3 is 10.1 Å². The van der Waals surface area contributed by atoms with Crippen molar-refractivity contribution in [2.24, 2.45) is 0 Å². The number of nitriles is 1. The van der Waals surface area contributed by atoms with Crippen LogP contribution in [0.25, 0.3) is 4.96 Å². The second-order valence-electron chi connectivity index (χ2n) is 4.62. The molecule has 1 N–H and O–H groups in total. The van der Waals surface area contributed by atoms with E-state index in [-0.39, 0.29) is 0 Å². The number of thiazole rings is 1. The van der Waals surface area contributed by atoms with E-state index in [0.717, 1.165) is 21.9 Å². The maximum absolute atomic E-state index is 8.99. The van der Waals surface area contributed by atoms with Gasteiger partial charge in [-0.1, -0.05) is 6.07 Å². The van der Waals surface area contributed by atoms with Gasteiger partial charge in [0, 0.05) is 17.3 Å². The van der Waals surface area contributed by atoms with Crippen molar-refractivity contribution in [1.82, 2.24) is 9.38 Å². The highest BCUT2D eigenvalue weighted by molar-refractivity contribution is 7.15. The standard InChI is InChI=1S/C15H14N4OS/c1-10-3-4-11(8-16)7-12(10)17-9-13-14(20-2)18-15-19(13)5-6-21-15/h3-7,17H,9H2,1-2H3. The molecule has 0 atom stereocenters. The molecule has 0 aliphatic carbocycles. The van der Waals surface area contributed by atoms with Crippen LogP contribution < -0.4 is 10.1 Å². The summed E-state index contributed by atoms with van der Waals surface area (Å²) in [7, 11) is 1.62. The molecular formula is C15H14N4OS. The number of nitrogens with zero attached hydrogens (tertiary/aromatic N) is 3. The van der Waals surface area contributed by atoms with Gasteiger partial charge in [-0.15, -0.1) is 11.3 Å². The van der Waals surface area contributed by atoms with Gasteiger partial charge in [-0.25, -0.2) is 0 Å². The highest BCUT2D eigenvalue weighted by Gasteiger charge is 2.13. The summed E-state index contributed by atoms with van der Waals surface area (Å²) in [6, 6.07) is 7.77. The fourth-order valence-electron chi connectivity index (χ4n) is 2.20. The average Bonchev–Trinajstić information content (AvgIpc) is 3.07. The predicted octanol–water partition coefficient (Wildman–Crippen LogP) is 3.20. The first-order valence-corrected chi connectivity index (χ1v) is 7.34. The number of aryl methyl sites for hydroxylation is 1. The lowest BCUT2D eigenvalue weighted by Crippen LogP contribution is -2.05. The molecule has 3 rings (SSSR count). The number of nitrogens with one attached hydrogen (secondary N) is 1. The Balaban J connectivity index is 1.90. The summed E-state index contributed by atoms with van der Waals surface area (Å²) in [6.45, 7) is 2.59. The molecule has 0 radical (unpaired) electrons. The molecular weight excluding hydrogens is 284 g/mol. The molecule has 0 aliphatic heterocycles. The molecule has 106 valence electrons. The number of hydrogen-bond acceptors (Lipinski definition) is 5. The predicted molar refractivity (Wildman–Crippen MR) is 82.8 cm³/mol. The smallest absolute Gasteiger partial charge is 0.238 e. The normalized spacial score (nSPS) is 10.5. The molecule has 21 heavy (non-hydrogen) atoms. The van der Waals surface area contributed by atoms with Gasteiger partial charge in [-0.05, 0) is 24.6 Å². The maximum Gasteiger partial charge on any atom is 0.238 e. The van der Waals surface area contributed by atoms with Gasteiger partial charge in [0.05, 0.1) is 25.3 Å². The molecule has 2 aromatic heterocycles. The van der Waals surface area contributed by atoms with E-state index >= 15 is 0 Å². The van der Waals surface area contributed by atoms with Gasteiger partial charge in [0.25, 0.3) is 0 Å². The quantitative estimate of drug-likeness (QED) is 0.803. The van der Waals surface area contributed by atoms with E-state index in [1.807, 2.05) is 41.1 Å². The van der Waals surface area contributed by atoms with Crippen LogP contribution in [0.2, 0.25) is 0 Å². The Bertz CT molecular complexity index is 828. The minimum Gasteiger partial charge on any atom is -0.480 e. The Morgan fingerprint density at radius 3 is 3.10 bits per heavy atom. The third-order valence-electron chi connectivity index (χ3n) is 3.33. The number of aromatic nitrogens is 2. The first-order valence-electron chi connectivity index (χ1n) is 6.46. The van der Waals surface area contributed by atoms with Crippen molar-refractivity contribution in [3.63, 3.8) is 0 Å². The van der Waals surface area contributed by atoms with E-state index in [9.17, 15) is 0 Å². The van der Waals surface area contributed by atoms with Crippen LogP contribution in [0.3, 0.4) is 0 Å². The second kappa shape index (κ2) is 5.46. The summed E-state index contributed by atoms with van der Waals surface area (Å²) in [4.78, 5) is 5.33. The molecule has 0 amide bonds. The number of methoxy groups -OCH3 is 1. The van der Waals surface area contributed by atoms with Crippen LogP contribution >= 0.6 is 11.3 Å². The van der Waals surface area contributed by atoms with Gasteiger partial charge in [0.2, 0.25) is 5.88 Å². The number of fused-ring (bicyclic) bond motifs is 1. The Hall–Kier alpha value is -2.52. The minimum atomic E-state index is 0.580. The summed E-state index contributed by atoms with van der Waals surface area (Å²) in [5.41, 5.74) is 3.65. The van der Waals surface area contributed by atoms with Crippen LogP contribution in [-0.2, 0) is 6.54 Å². The van der Waals surface area contributed by atoms with Crippen LogP contribution in [-0.4, -0.2) is 16.5 Å². The SMILES string of the molecule is COc1nc2sccn2c1CNc1cc(C#N)ccc1C. The van der Waals surface area contributed by atoms with Crippen molar-refractivity contribution in [2.75, 3.05) is 12.4 Å². The van der Waals surface area contributed by atoms with E-state index < -0.39 is 0 Å². The van der Waals surface area contributed by atoms with E-state index in [0.29, 0.717) is 18.0 Å². The van der Waals surface area contributed by atoms with Crippen molar-refractivity contribution < 1.29 is 4.74 Å². The zero-order valence-corrected chi connectivity index (χ0v) is 12.6. The minimum absolute atomic E-state index is 0.580. The molecule has 5 nitrogen and oxygen atoms in total. The molecule has 0 saturated heterocycles. The monoisotopic (exact) mass is 298 g/mol. The highest BCUT2D eigenvalue weighted by atomic mass is 32.1. The van der Waals surface area contributed by atoms with Gasteiger partial charge in [0.1, 0.15) is 5.69 Å². The van der Waals surface area contributed by atoms with Gasteiger partial charge in [0.15, 0.2) is 4.96 Å². The molecule has 0 saturated carbocycles. The second-order valence-corrected chi connectivity index (χ2v) is 5.49. The molecule has 1 aromatic carbocycles. The van der Waals surface area contributed by atoms with Crippen molar-refractivity contribution in [3.05, 3.63) is 46.6 Å². The van der Waals surface area contributed by atoms with Gasteiger partial charge >= 0.3 is 0 Å². The van der Waals surface area contributed by atoms with Crippen LogP contribution in [0, 0.1) is 18.3 Å². The van der Waals surface area contributed by atoms with Crippen LogP contribution in [0.5, 0.6) is 5.88 Å². The first kappa shape index (κ1) is 13.5. The number of benzene rings is 1. The van der Waals surface area contributed by atoms with Crippen LogP contribution in [0.15, 0.2) is 29.8 Å². The Morgan fingerprint density at radius 1 is 1.48 bits per heavy atom. The van der Waals surface area contributed by atoms with Crippen LogP contribution in [0.4, 0.5) is 5.69 Å². The summed E-state index contributed by atoms with van der Waals surface area (Å²) in [5, 5.41) is 14.3. The number of ether oxygens (including phenoxy) is 1. The third-order valence-corrected chi connectivity index (χ3v) is 4.09. The molecule has 0 bridgehead atoms. The lowest BCUT2D eigenvalue weighted by molar-refractivity contribution is 0.395. The molecule has 0 aliphatic rings. The zero-order chi connectivity index (χ0) is 14.8. The highest BCUT2D eigenvalue weighted by Crippen LogP contribution is 2.25. The third kappa shape index (κ3) is 2.43. The Kier molecular flexibility index (Phi) is 3.50. The van der Waals surface area contributed by atoms with E-state index in [1.54, 1.807) is 18.4 Å². The summed E-state index contributed by atoms with van der Waals surface area (Å²) in [6.07, 6.45) is 1.98.